The van der Waals surface area contributed by atoms with E-state index in [0.29, 0.717) is 33.7 Å². The molecule has 3 rings (SSSR count). The SMILES string of the molecule is CCCCCCOc1c(Cl)cc(/C=C2/C(=O)NC(=S)N(c3ccccc3)C2=O)cc1Cl. The van der Waals surface area contributed by atoms with E-state index >= 15 is 0 Å². The Morgan fingerprint density at radius 1 is 1.06 bits per heavy atom. The third kappa shape index (κ3) is 5.64. The van der Waals surface area contributed by atoms with Crippen molar-refractivity contribution in [1.29, 1.82) is 0 Å². The van der Waals surface area contributed by atoms with Gasteiger partial charge in [-0.2, -0.15) is 0 Å². The van der Waals surface area contributed by atoms with Crippen LogP contribution < -0.4 is 15.0 Å². The summed E-state index contributed by atoms with van der Waals surface area (Å²) >= 11 is 17.9. The molecule has 5 nitrogen and oxygen atoms in total. The average molecular weight is 477 g/mol. The van der Waals surface area contributed by atoms with Crippen molar-refractivity contribution in [2.75, 3.05) is 11.5 Å². The van der Waals surface area contributed by atoms with Crippen LogP contribution in [0, 0.1) is 0 Å². The molecule has 0 aromatic heterocycles. The highest BCUT2D eigenvalue weighted by Crippen LogP contribution is 2.35. The van der Waals surface area contributed by atoms with Crippen molar-refractivity contribution in [3.05, 3.63) is 63.6 Å². The molecule has 0 saturated carbocycles. The van der Waals surface area contributed by atoms with Crippen LogP contribution in [0.2, 0.25) is 10.0 Å². The van der Waals surface area contributed by atoms with Gasteiger partial charge in [-0.3, -0.25) is 19.8 Å². The van der Waals surface area contributed by atoms with Crippen LogP contribution in [0.1, 0.15) is 38.2 Å². The summed E-state index contributed by atoms with van der Waals surface area (Å²) in [7, 11) is 0. The number of nitrogens with zero attached hydrogens (tertiary/aromatic N) is 1. The second-order valence-electron chi connectivity index (χ2n) is 7.02. The lowest BCUT2D eigenvalue weighted by molar-refractivity contribution is -0.122. The number of rotatable bonds is 8. The van der Waals surface area contributed by atoms with Crippen LogP contribution in [-0.2, 0) is 9.59 Å². The molecular weight excluding hydrogens is 455 g/mol. The van der Waals surface area contributed by atoms with E-state index < -0.39 is 11.8 Å². The Kier molecular flexibility index (Phi) is 8.07. The average Bonchev–Trinajstić information content (AvgIpc) is 2.73. The fraction of sp³-hybridized carbons (Fsp3) is 0.261. The van der Waals surface area contributed by atoms with Crippen molar-refractivity contribution >= 4 is 64.1 Å². The van der Waals surface area contributed by atoms with Gasteiger partial charge in [-0.25, -0.2) is 0 Å². The Hall–Kier alpha value is -2.41. The number of carbonyl (C=O) groups excluding carboxylic acids is 2. The summed E-state index contributed by atoms with van der Waals surface area (Å²) in [5.74, 6) is -0.706. The molecule has 0 aliphatic carbocycles. The monoisotopic (exact) mass is 476 g/mol. The van der Waals surface area contributed by atoms with Crippen molar-refractivity contribution in [2.24, 2.45) is 0 Å². The van der Waals surface area contributed by atoms with Crippen LogP contribution >= 0.6 is 35.4 Å². The van der Waals surface area contributed by atoms with E-state index in [9.17, 15) is 9.59 Å². The minimum absolute atomic E-state index is 0.0289. The lowest BCUT2D eigenvalue weighted by Crippen LogP contribution is -2.54. The molecule has 1 aliphatic heterocycles. The van der Waals surface area contributed by atoms with Gasteiger partial charge in [0.05, 0.1) is 22.3 Å². The Morgan fingerprint density at radius 2 is 1.74 bits per heavy atom. The number of thiocarbonyl (C=S) groups is 1. The van der Waals surface area contributed by atoms with E-state index in [-0.39, 0.29) is 10.7 Å². The number of ether oxygens (including phenoxy) is 1. The minimum atomic E-state index is -0.578. The van der Waals surface area contributed by atoms with E-state index in [4.69, 9.17) is 40.2 Å². The van der Waals surface area contributed by atoms with Crippen molar-refractivity contribution < 1.29 is 14.3 Å². The predicted octanol–water partition coefficient (Wildman–Crippen LogP) is 5.78. The van der Waals surface area contributed by atoms with Gasteiger partial charge in [0.2, 0.25) is 0 Å². The standard InChI is InChI=1S/C23H22Cl2N2O3S/c1-2-3-4-8-11-30-20-18(24)13-15(14-19(20)25)12-17-21(28)26-23(31)27(22(17)29)16-9-6-5-7-10-16/h5-7,9-10,12-14H,2-4,8,11H2,1H3,(H,26,28,31)/b17-12-. The van der Waals surface area contributed by atoms with Gasteiger partial charge in [-0.15, -0.1) is 0 Å². The number of unbranched alkanes of at least 4 members (excludes halogenated alkanes) is 3. The van der Waals surface area contributed by atoms with Crippen molar-refractivity contribution in [3.8, 4) is 5.75 Å². The summed E-state index contributed by atoms with van der Waals surface area (Å²) in [6.45, 7) is 2.66. The van der Waals surface area contributed by atoms with Crippen LogP contribution in [-0.4, -0.2) is 23.5 Å². The molecule has 0 unspecified atom stereocenters. The van der Waals surface area contributed by atoms with Crippen LogP contribution in [0.4, 0.5) is 5.69 Å². The van der Waals surface area contributed by atoms with Crippen molar-refractivity contribution in [1.82, 2.24) is 5.32 Å². The lowest BCUT2D eigenvalue weighted by Gasteiger charge is -2.28. The van der Waals surface area contributed by atoms with Crippen LogP contribution in [0.3, 0.4) is 0 Å². The molecule has 0 bridgehead atoms. The first-order chi connectivity index (χ1) is 14.9. The highest BCUT2D eigenvalue weighted by Gasteiger charge is 2.34. The molecule has 2 aromatic carbocycles. The molecule has 162 valence electrons. The molecule has 0 radical (unpaired) electrons. The van der Waals surface area contributed by atoms with Gasteiger partial charge in [0.1, 0.15) is 5.57 Å². The second-order valence-corrected chi connectivity index (χ2v) is 8.22. The second kappa shape index (κ2) is 10.8. The van der Waals surface area contributed by atoms with Gasteiger partial charge in [0.25, 0.3) is 11.8 Å². The Labute approximate surface area is 197 Å². The Morgan fingerprint density at radius 3 is 2.39 bits per heavy atom. The van der Waals surface area contributed by atoms with E-state index in [1.807, 2.05) is 6.07 Å². The molecule has 8 heteroatoms. The molecule has 1 heterocycles. The number of amides is 2. The van der Waals surface area contributed by atoms with Gasteiger partial charge in [-0.05, 0) is 54.5 Å². The minimum Gasteiger partial charge on any atom is -0.490 e. The Balaban J connectivity index is 1.83. The number of hydrogen-bond acceptors (Lipinski definition) is 4. The van der Waals surface area contributed by atoms with Crippen molar-refractivity contribution in [3.63, 3.8) is 0 Å². The summed E-state index contributed by atoms with van der Waals surface area (Å²) in [5.41, 5.74) is 0.997. The molecule has 1 N–H and O–H groups in total. The lowest BCUT2D eigenvalue weighted by atomic mass is 10.1. The normalized spacial score (nSPS) is 15.4. The molecule has 1 fully saturated rings. The van der Waals surface area contributed by atoms with E-state index in [0.717, 1.165) is 25.7 Å². The topological polar surface area (TPSA) is 58.6 Å². The number of nitrogens with one attached hydrogen (secondary N) is 1. The first kappa shape index (κ1) is 23.3. The highest BCUT2D eigenvalue weighted by atomic mass is 35.5. The number of anilines is 1. The summed E-state index contributed by atoms with van der Waals surface area (Å²) in [5, 5.41) is 3.21. The van der Waals surface area contributed by atoms with E-state index in [2.05, 4.69) is 12.2 Å². The first-order valence-electron chi connectivity index (χ1n) is 10.0. The van der Waals surface area contributed by atoms with Gasteiger partial charge in [-0.1, -0.05) is 67.6 Å². The molecule has 0 spiro atoms. The molecule has 2 amide bonds. The number of benzene rings is 2. The van der Waals surface area contributed by atoms with E-state index in [1.54, 1.807) is 36.4 Å². The zero-order valence-corrected chi connectivity index (χ0v) is 19.3. The largest absolute Gasteiger partial charge is 0.490 e. The van der Waals surface area contributed by atoms with Gasteiger partial charge in [0.15, 0.2) is 10.9 Å². The first-order valence-corrected chi connectivity index (χ1v) is 11.2. The molecule has 1 aliphatic rings. The van der Waals surface area contributed by atoms with Crippen LogP contribution in [0.25, 0.3) is 6.08 Å². The predicted molar refractivity (Wildman–Crippen MR) is 129 cm³/mol. The zero-order chi connectivity index (χ0) is 22.4. The maximum Gasteiger partial charge on any atom is 0.270 e. The van der Waals surface area contributed by atoms with E-state index in [1.165, 1.54) is 11.0 Å². The maximum atomic E-state index is 13.0. The fourth-order valence-corrected chi connectivity index (χ4v) is 4.03. The third-order valence-corrected chi connectivity index (χ3v) is 5.54. The molecule has 2 aromatic rings. The fourth-order valence-electron chi connectivity index (χ4n) is 3.14. The van der Waals surface area contributed by atoms with Gasteiger partial charge in [0, 0.05) is 0 Å². The number of halogens is 2. The smallest absolute Gasteiger partial charge is 0.270 e. The van der Waals surface area contributed by atoms with Gasteiger partial charge >= 0.3 is 0 Å². The molecule has 31 heavy (non-hydrogen) atoms. The number of hydrogen-bond donors (Lipinski definition) is 1. The summed E-state index contributed by atoms with van der Waals surface area (Å²) < 4.78 is 5.73. The number of carbonyl (C=O) groups is 2. The van der Waals surface area contributed by atoms with Crippen LogP contribution in [0.5, 0.6) is 5.75 Å². The summed E-state index contributed by atoms with van der Waals surface area (Å²) in [4.78, 5) is 26.8. The molecule has 0 atom stereocenters. The Bertz CT molecular complexity index is 1000. The summed E-state index contributed by atoms with van der Waals surface area (Å²) in [6.07, 6.45) is 5.72. The summed E-state index contributed by atoms with van der Waals surface area (Å²) in [6, 6.07) is 12.1. The maximum absolute atomic E-state index is 13.0. The number of para-hydroxylation sites is 1. The highest BCUT2D eigenvalue weighted by molar-refractivity contribution is 7.80. The van der Waals surface area contributed by atoms with Crippen molar-refractivity contribution in [2.45, 2.75) is 32.6 Å². The molecular formula is C23H22Cl2N2O3S. The van der Waals surface area contributed by atoms with Gasteiger partial charge < -0.3 is 4.74 Å². The van der Waals surface area contributed by atoms with Crippen LogP contribution in [0.15, 0.2) is 48.0 Å². The zero-order valence-electron chi connectivity index (χ0n) is 17.0. The quantitative estimate of drug-likeness (QED) is 0.227. The molecule has 1 saturated heterocycles. The third-order valence-electron chi connectivity index (χ3n) is 4.69.